The zero-order valence-corrected chi connectivity index (χ0v) is 36.7. The molecule has 0 fully saturated rings. The Morgan fingerprint density at radius 2 is 1.58 bits per heavy atom. The second-order valence-electron chi connectivity index (χ2n) is 15.1. The van der Waals surface area contributed by atoms with Crippen molar-refractivity contribution in [2.45, 2.75) is 70.7 Å². The van der Waals surface area contributed by atoms with Gasteiger partial charge in [0, 0.05) is 43.9 Å². The van der Waals surface area contributed by atoms with Crippen molar-refractivity contribution in [2.24, 2.45) is 0 Å². The van der Waals surface area contributed by atoms with E-state index in [1.54, 1.807) is 46.0 Å². The first-order valence-corrected chi connectivity index (χ1v) is 21.6. The number of hydrogen-bond donors (Lipinski definition) is 0. The Kier molecular flexibility index (Phi) is 12.2. The molecule has 2 aliphatic rings. The van der Waals surface area contributed by atoms with E-state index in [0.717, 1.165) is 28.5 Å². The van der Waals surface area contributed by atoms with Crippen LogP contribution in [-0.2, 0) is 51.7 Å². The van der Waals surface area contributed by atoms with Gasteiger partial charge in [-0.15, -0.1) is 0 Å². The lowest BCUT2D eigenvalue weighted by Crippen LogP contribution is -2.30. The number of halogens is 5. The van der Waals surface area contributed by atoms with Gasteiger partial charge >= 0.3 is 6.18 Å². The molecule has 2 aliphatic heterocycles. The van der Waals surface area contributed by atoms with Crippen molar-refractivity contribution in [3.63, 3.8) is 0 Å². The quantitative estimate of drug-likeness (QED) is 0.0759. The summed E-state index contributed by atoms with van der Waals surface area (Å²) in [5.74, 6) is -1.08. The maximum absolute atomic E-state index is 17.8. The normalized spacial score (nSPS) is 15.4. The first-order chi connectivity index (χ1) is 29.3. The molecule has 0 N–H and O–H groups in total. The maximum Gasteiger partial charge on any atom is 0.417 e. The largest absolute Gasteiger partial charge is 0.495 e. The highest BCUT2D eigenvalue weighted by atomic mass is 35.5. The van der Waals surface area contributed by atoms with Crippen molar-refractivity contribution in [1.29, 1.82) is 0 Å². The van der Waals surface area contributed by atoms with Crippen LogP contribution >= 0.6 is 11.6 Å². The van der Waals surface area contributed by atoms with Gasteiger partial charge in [-0.25, -0.2) is 27.8 Å². The van der Waals surface area contributed by atoms with Crippen LogP contribution in [0.15, 0.2) is 47.6 Å². The van der Waals surface area contributed by atoms with Crippen molar-refractivity contribution in [2.75, 3.05) is 51.0 Å². The molecule has 0 spiro atoms. The van der Waals surface area contributed by atoms with Crippen LogP contribution in [0.1, 0.15) is 67.8 Å². The van der Waals surface area contributed by atoms with Crippen molar-refractivity contribution < 1.29 is 49.8 Å². The summed E-state index contributed by atoms with van der Waals surface area (Å²) in [7, 11) is 1.48. The number of alkyl halides is 3. The fraction of sp³-hybridized carbons (Fsp3) is 0.381. The summed E-state index contributed by atoms with van der Waals surface area (Å²) >= 11 is 6.73. The maximum atomic E-state index is 17.8. The predicted molar refractivity (Wildman–Crippen MR) is 222 cm³/mol. The minimum Gasteiger partial charge on any atom is -0.495 e. The average molecular weight is 902 g/mol. The molecule has 0 radical (unpaired) electrons. The third-order valence-electron chi connectivity index (χ3n) is 10.9. The molecule has 7 rings (SSSR count). The van der Waals surface area contributed by atoms with E-state index in [1.807, 2.05) is 13.8 Å². The van der Waals surface area contributed by atoms with E-state index < -0.39 is 63.2 Å². The molecule has 0 saturated heterocycles. The molecule has 1 amide bonds. The molecule has 2 aromatic heterocycles. The predicted octanol–water partition coefficient (Wildman–Crippen LogP) is 8.16. The highest BCUT2D eigenvalue weighted by Gasteiger charge is 2.43. The lowest BCUT2D eigenvalue weighted by Gasteiger charge is -2.34. The molecule has 0 bridgehead atoms. The van der Waals surface area contributed by atoms with E-state index in [-0.39, 0.29) is 40.0 Å². The number of hydrogen-bond acceptors (Lipinski definition) is 12. The number of fused-ring (bicyclic) bond motifs is 2. The van der Waals surface area contributed by atoms with Crippen LogP contribution in [0, 0.1) is 26.6 Å². The Labute approximate surface area is 360 Å². The summed E-state index contributed by atoms with van der Waals surface area (Å²) in [6.45, 7) is 5.14. The van der Waals surface area contributed by atoms with Crippen LogP contribution in [0.5, 0.6) is 11.5 Å². The summed E-state index contributed by atoms with van der Waals surface area (Å²) in [5.41, 5.74) is 0.331. The summed E-state index contributed by atoms with van der Waals surface area (Å²) in [4.78, 5) is 30.0. The molecule has 330 valence electrons. The third kappa shape index (κ3) is 8.25. The molecule has 0 saturated carbocycles. The lowest BCUT2D eigenvalue weighted by molar-refractivity contribution is -0.140. The molecule has 5 aromatic rings. The first kappa shape index (κ1) is 44.6. The SMILES string of the molecule is COc1ccc(C)cc1N(c1cc(C)ccc1OC)c1cc(C)c(C(F)(F)F)c(C2Cc3nc(S(C)(=O)=O)nc(N4CCCn5nc(C(=O)N(C)OC)c(Cl)c5C4)c3CO2)c1F. The number of hydroxylamine groups is 2. The zero-order valence-electron chi connectivity index (χ0n) is 35.1. The summed E-state index contributed by atoms with van der Waals surface area (Å²) in [6, 6.07) is 11.5. The van der Waals surface area contributed by atoms with Crippen LogP contribution in [0.4, 0.5) is 40.4 Å². The Morgan fingerprint density at radius 1 is 0.952 bits per heavy atom. The molecule has 1 unspecified atom stereocenters. The van der Waals surface area contributed by atoms with Gasteiger partial charge in [0.1, 0.15) is 17.3 Å². The van der Waals surface area contributed by atoms with Crippen LogP contribution in [0.2, 0.25) is 5.02 Å². The smallest absolute Gasteiger partial charge is 0.417 e. The first-order valence-electron chi connectivity index (χ1n) is 19.3. The summed E-state index contributed by atoms with van der Waals surface area (Å²) in [5, 5.41) is 4.86. The van der Waals surface area contributed by atoms with Gasteiger partial charge in [0.2, 0.25) is 15.0 Å². The molecule has 14 nitrogen and oxygen atoms in total. The van der Waals surface area contributed by atoms with Gasteiger partial charge < -0.3 is 24.0 Å². The van der Waals surface area contributed by atoms with Gasteiger partial charge in [-0.1, -0.05) is 23.7 Å². The Balaban J connectivity index is 1.39. The number of aromatic nitrogens is 4. The topological polar surface area (TPSA) is 141 Å². The lowest BCUT2D eigenvalue weighted by atomic mass is 9.90. The number of amides is 1. The molecule has 1 atom stereocenters. The molecule has 62 heavy (non-hydrogen) atoms. The van der Waals surface area contributed by atoms with E-state index in [9.17, 15) is 13.2 Å². The standard InChI is InChI=1S/C42H44ClF4N7O7S/c1-22-10-12-31(58-5)27(16-22)54(28-17-23(2)11-13-32(28)59-6)29-18-24(3)35(42(45,46)47)34(37(29)44)33-19-26-25(21-61-33)39(49-41(48-26)62(8,56)57)52-14-9-15-53-30(20-52)36(43)38(50-53)40(55)51(4)60-7/h10-13,16-18,33H,9,14-15,19-21H2,1-8H3. The number of aryl methyl sites for hydroxylation is 4. The number of nitrogens with zero attached hydrogens (tertiary/aromatic N) is 7. The number of benzene rings is 3. The molecule has 0 aliphatic carbocycles. The average Bonchev–Trinajstić information content (AvgIpc) is 3.37. The molecular formula is C42H44ClF4N7O7S. The van der Waals surface area contributed by atoms with Crippen molar-refractivity contribution in [1.82, 2.24) is 24.8 Å². The second kappa shape index (κ2) is 17.0. The van der Waals surface area contributed by atoms with Gasteiger partial charge in [-0.2, -0.15) is 18.3 Å². The number of ether oxygens (including phenoxy) is 3. The minimum absolute atomic E-state index is 0.0145. The molecule has 20 heteroatoms. The van der Waals surface area contributed by atoms with E-state index in [0.29, 0.717) is 53.6 Å². The minimum atomic E-state index is -5.05. The highest BCUT2D eigenvalue weighted by molar-refractivity contribution is 7.90. The summed E-state index contributed by atoms with van der Waals surface area (Å²) in [6.07, 6.45) is -5.73. The highest BCUT2D eigenvalue weighted by Crippen LogP contribution is 2.51. The fourth-order valence-corrected chi connectivity index (χ4v) is 8.66. The Morgan fingerprint density at radius 3 is 2.15 bits per heavy atom. The van der Waals surface area contributed by atoms with E-state index in [2.05, 4.69) is 15.1 Å². The third-order valence-corrected chi connectivity index (χ3v) is 12.1. The van der Waals surface area contributed by atoms with E-state index in [1.165, 1.54) is 40.2 Å². The Hall–Kier alpha value is -5.50. The van der Waals surface area contributed by atoms with E-state index >= 15 is 17.6 Å². The van der Waals surface area contributed by atoms with Crippen molar-refractivity contribution >= 4 is 50.2 Å². The van der Waals surface area contributed by atoms with Crippen molar-refractivity contribution in [3.8, 4) is 11.5 Å². The number of carbonyl (C=O) groups excluding carboxylic acids is 1. The van der Waals surface area contributed by atoms with Gasteiger partial charge in [0.25, 0.3) is 5.91 Å². The molecule has 3 aromatic carbocycles. The molecule has 4 heterocycles. The Bertz CT molecular complexity index is 2640. The van der Waals surface area contributed by atoms with Crippen LogP contribution < -0.4 is 19.3 Å². The zero-order chi connectivity index (χ0) is 45.0. The van der Waals surface area contributed by atoms with Gasteiger partial charge in [0.15, 0.2) is 11.5 Å². The molecular weight excluding hydrogens is 858 g/mol. The second-order valence-corrected chi connectivity index (χ2v) is 17.4. The van der Waals surface area contributed by atoms with Gasteiger partial charge in [-0.3, -0.25) is 14.3 Å². The number of carbonyl (C=O) groups is 1. The van der Waals surface area contributed by atoms with Gasteiger partial charge in [0.05, 0.1) is 79.6 Å². The number of anilines is 4. The van der Waals surface area contributed by atoms with E-state index in [4.69, 9.17) is 30.6 Å². The number of sulfone groups is 1. The van der Waals surface area contributed by atoms with Crippen molar-refractivity contribution in [3.05, 3.63) is 104 Å². The van der Waals surface area contributed by atoms with Crippen LogP contribution in [0.25, 0.3) is 0 Å². The van der Waals surface area contributed by atoms with Crippen LogP contribution in [0.3, 0.4) is 0 Å². The summed E-state index contributed by atoms with van der Waals surface area (Å²) < 4.78 is 109. The van der Waals surface area contributed by atoms with Gasteiger partial charge in [-0.05, 0) is 74.2 Å². The number of methoxy groups -OCH3 is 2. The van der Waals surface area contributed by atoms with Crippen LogP contribution in [-0.4, -0.2) is 80.3 Å². The number of rotatable bonds is 10. The monoisotopic (exact) mass is 901 g/mol. The fourth-order valence-electron chi connectivity index (χ4n) is 7.86.